The predicted molar refractivity (Wildman–Crippen MR) is 75.0 cm³/mol. The molecule has 0 fully saturated rings. The van der Waals surface area contributed by atoms with Gasteiger partial charge >= 0.3 is 0 Å². The Labute approximate surface area is 121 Å². The van der Waals surface area contributed by atoms with Crippen LogP contribution in [0.4, 0.5) is 0 Å². The van der Waals surface area contributed by atoms with Crippen molar-refractivity contribution in [3.05, 3.63) is 28.2 Å². The van der Waals surface area contributed by atoms with Gasteiger partial charge in [0.15, 0.2) is 6.61 Å². The van der Waals surface area contributed by atoms with Crippen molar-refractivity contribution in [2.75, 3.05) is 20.3 Å². The van der Waals surface area contributed by atoms with E-state index in [9.17, 15) is 4.79 Å². The SMILES string of the molecule is COCC(C)NC(=O)COc1ccc(CO)cc1Br. The molecule has 0 aliphatic rings. The summed E-state index contributed by atoms with van der Waals surface area (Å²) in [6.45, 7) is 2.22. The van der Waals surface area contributed by atoms with E-state index in [1.165, 1.54) is 0 Å². The van der Waals surface area contributed by atoms with Crippen LogP contribution in [0, 0.1) is 0 Å². The average Bonchev–Trinajstić information content (AvgIpc) is 2.37. The Hall–Kier alpha value is -1.11. The molecule has 0 saturated heterocycles. The van der Waals surface area contributed by atoms with Crippen LogP contribution in [-0.2, 0) is 16.1 Å². The lowest BCUT2D eigenvalue weighted by Crippen LogP contribution is -2.38. The second-order valence-corrected chi connectivity index (χ2v) is 4.99. The van der Waals surface area contributed by atoms with E-state index in [1.54, 1.807) is 25.3 Å². The number of hydrogen-bond acceptors (Lipinski definition) is 4. The van der Waals surface area contributed by atoms with Crippen molar-refractivity contribution in [3.63, 3.8) is 0 Å². The number of rotatable bonds is 7. The number of aliphatic hydroxyl groups is 1. The van der Waals surface area contributed by atoms with Crippen LogP contribution in [0.1, 0.15) is 12.5 Å². The molecule has 2 N–H and O–H groups in total. The Morgan fingerprint density at radius 1 is 1.53 bits per heavy atom. The molecule has 0 radical (unpaired) electrons. The fourth-order valence-electron chi connectivity index (χ4n) is 1.51. The molecule has 6 heteroatoms. The highest BCUT2D eigenvalue weighted by Crippen LogP contribution is 2.25. The zero-order chi connectivity index (χ0) is 14.3. The lowest BCUT2D eigenvalue weighted by Gasteiger charge is -2.13. The third-order valence-corrected chi connectivity index (χ3v) is 2.98. The van der Waals surface area contributed by atoms with Gasteiger partial charge in [-0.05, 0) is 40.5 Å². The number of benzene rings is 1. The molecular weight excluding hydrogens is 314 g/mol. The van der Waals surface area contributed by atoms with Gasteiger partial charge in [-0.15, -0.1) is 0 Å². The van der Waals surface area contributed by atoms with Gasteiger partial charge in [0.05, 0.1) is 17.7 Å². The van der Waals surface area contributed by atoms with E-state index in [2.05, 4.69) is 21.2 Å². The minimum Gasteiger partial charge on any atom is -0.483 e. The molecule has 0 bridgehead atoms. The van der Waals surface area contributed by atoms with E-state index in [1.807, 2.05) is 6.92 Å². The van der Waals surface area contributed by atoms with Crippen LogP contribution in [0.5, 0.6) is 5.75 Å². The lowest BCUT2D eigenvalue weighted by atomic mass is 10.2. The molecule has 106 valence electrons. The van der Waals surface area contributed by atoms with Gasteiger partial charge < -0.3 is 19.9 Å². The Morgan fingerprint density at radius 3 is 2.84 bits per heavy atom. The van der Waals surface area contributed by atoms with Gasteiger partial charge in [-0.1, -0.05) is 6.07 Å². The van der Waals surface area contributed by atoms with Crippen molar-refractivity contribution >= 4 is 21.8 Å². The summed E-state index contributed by atoms with van der Waals surface area (Å²) in [5.74, 6) is 0.356. The molecular formula is C13H18BrNO4. The molecule has 0 saturated carbocycles. The number of hydrogen-bond donors (Lipinski definition) is 2. The topological polar surface area (TPSA) is 67.8 Å². The van der Waals surface area contributed by atoms with Crippen LogP contribution in [0.2, 0.25) is 0 Å². The summed E-state index contributed by atoms with van der Waals surface area (Å²) in [5.41, 5.74) is 0.775. The predicted octanol–water partition coefficient (Wildman–Crippen LogP) is 1.47. The first kappa shape index (κ1) is 15.9. The molecule has 1 rings (SSSR count). The highest BCUT2D eigenvalue weighted by atomic mass is 79.9. The summed E-state index contributed by atoms with van der Waals surface area (Å²) in [6.07, 6.45) is 0. The van der Waals surface area contributed by atoms with Crippen molar-refractivity contribution in [1.82, 2.24) is 5.32 Å². The Morgan fingerprint density at radius 2 is 2.26 bits per heavy atom. The van der Waals surface area contributed by atoms with E-state index in [0.717, 1.165) is 5.56 Å². The van der Waals surface area contributed by atoms with Crippen LogP contribution in [0.3, 0.4) is 0 Å². The quantitative estimate of drug-likeness (QED) is 0.794. The van der Waals surface area contributed by atoms with Crippen LogP contribution >= 0.6 is 15.9 Å². The molecule has 0 aliphatic heterocycles. The second-order valence-electron chi connectivity index (χ2n) is 4.14. The molecule has 1 unspecified atom stereocenters. The number of aliphatic hydroxyl groups excluding tert-OH is 1. The summed E-state index contributed by atoms with van der Waals surface area (Å²) >= 11 is 3.33. The second kappa shape index (κ2) is 8.14. The van der Waals surface area contributed by atoms with Gasteiger partial charge in [-0.3, -0.25) is 4.79 Å². The minimum atomic E-state index is -0.206. The van der Waals surface area contributed by atoms with Crippen LogP contribution in [0.15, 0.2) is 22.7 Å². The monoisotopic (exact) mass is 331 g/mol. The first-order valence-corrected chi connectivity index (χ1v) is 6.66. The number of amides is 1. The Bertz CT molecular complexity index is 425. The van der Waals surface area contributed by atoms with Gasteiger partial charge in [0.25, 0.3) is 5.91 Å². The summed E-state index contributed by atoms with van der Waals surface area (Å²) in [4.78, 5) is 11.6. The fourth-order valence-corrected chi connectivity index (χ4v) is 2.05. The van der Waals surface area contributed by atoms with Crippen molar-refractivity contribution in [2.45, 2.75) is 19.6 Å². The van der Waals surface area contributed by atoms with Crippen LogP contribution in [0.25, 0.3) is 0 Å². The number of carbonyl (C=O) groups is 1. The van der Waals surface area contributed by atoms with Crippen molar-refractivity contribution in [1.29, 1.82) is 0 Å². The highest BCUT2D eigenvalue weighted by molar-refractivity contribution is 9.10. The normalized spacial score (nSPS) is 12.0. The number of nitrogens with one attached hydrogen (secondary N) is 1. The molecule has 1 aromatic rings. The van der Waals surface area contributed by atoms with E-state index in [-0.39, 0.29) is 25.2 Å². The first-order chi connectivity index (χ1) is 9.06. The maximum atomic E-state index is 11.6. The largest absolute Gasteiger partial charge is 0.483 e. The van der Waals surface area contributed by atoms with Crippen molar-refractivity contribution in [2.24, 2.45) is 0 Å². The van der Waals surface area contributed by atoms with E-state index in [0.29, 0.717) is 16.8 Å². The molecule has 0 aliphatic carbocycles. The van der Waals surface area contributed by atoms with Crippen LogP contribution in [-0.4, -0.2) is 37.4 Å². The number of carbonyl (C=O) groups excluding carboxylic acids is 1. The average molecular weight is 332 g/mol. The zero-order valence-electron chi connectivity index (χ0n) is 11.0. The lowest BCUT2D eigenvalue weighted by molar-refractivity contribution is -0.124. The Kier molecular flexibility index (Phi) is 6.83. The van der Waals surface area contributed by atoms with E-state index < -0.39 is 0 Å². The molecule has 0 heterocycles. The fraction of sp³-hybridized carbons (Fsp3) is 0.462. The van der Waals surface area contributed by atoms with Crippen LogP contribution < -0.4 is 10.1 Å². The Balaban J connectivity index is 2.46. The zero-order valence-corrected chi connectivity index (χ0v) is 12.6. The molecule has 1 aromatic carbocycles. The third-order valence-electron chi connectivity index (χ3n) is 2.36. The smallest absolute Gasteiger partial charge is 0.258 e. The van der Waals surface area contributed by atoms with Crippen molar-refractivity contribution in [3.8, 4) is 5.75 Å². The maximum Gasteiger partial charge on any atom is 0.258 e. The molecule has 1 atom stereocenters. The number of methoxy groups -OCH3 is 1. The van der Waals surface area contributed by atoms with E-state index in [4.69, 9.17) is 14.6 Å². The van der Waals surface area contributed by atoms with Gasteiger partial charge in [-0.25, -0.2) is 0 Å². The molecule has 0 spiro atoms. The molecule has 0 aromatic heterocycles. The third kappa shape index (κ3) is 5.59. The van der Waals surface area contributed by atoms with E-state index >= 15 is 0 Å². The number of halogens is 1. The molecule has 5 nitrogen and oxygen atoms in total. The van der Waals surface area contributed by atoms with Crippen molar-refractivity contribution < 1.29 is 19.4 Å². The standard InChI is InChI=1S/C13H18BrNO4/c1-9(7-18-2)15-13(17)8-19-12-4-3-10(6-16)5-11(12)14/h3-5,9,16H,6-8H2,1-2H3,(H,15,17). The first-order valence-electron chi connectivity index (χ1n) is 5.87. The van der Waals surface area contributed by atoms with Gasteiger partial charge in [0, 0.05) is 13.2 Å². The summed E-state index contributed by atoms with van der Waals surface area (Å²) in [6, 6.07) is 5.15. The maximum absolute atomic E-state index is 11.6. The minimum absolute atomic E-state index is 0.0338. The summed E-state index contributed by atoms with van der Waals surface area (Å²) in [5, 5.41) is 11.7. The summed E-state index contributed by atoms with van der Waals surface area (Å²) < 4.78 is 11.0. The molecule has 1 amide bonds. The van der Waals surface area contributed by atoms with Gasteiger partial charge in [0.2, 0.25) is 0 Å². The van der Waals surface area contributed by atoms with Gasteiger partial charge in [0.1, 0.15) is 5.75 Å². The summed E-state index contributed by atoms with van der Waals surface area (Å²) in [7, 11) is 1.58. The highest BCUT2D eigenvalue weighted by Gasteiger charge is 2.09. The molecule has 19 heavy (non-hydrogen) atoms. The van der Waals surface area contributed by atoms with Gasteiger partial charge in [-0.2, -0.15) is 0 Å². The number of ether oxygens (including phenoxy) is 2.